The van der Waals surface area contributed by atoms with Crippen LogP contribution in [-0.4, -0.2) is 31.3 Å². The molecular weight excluding hydrogens is 286 g/mol. The first-order valence-corrected chi connectivity index (χ1v) is 9.22. The van der Waals surface area contributed by atoms with E-state index < -0.39 is 10.1 Å². The summed E-state index contributed by atoms with van der Waals surface area (Å²) in [4.78, 5) is 2.41. The van der Waals surface area contributed by atoms with Crippen LogP contribution in [0.4, 0.5) is 5.69 Å². The summed E-state index contributed by atoms with van der Waals surface area (Å²) in [7, 11) is -3.84. The molecule has 0 radical (unpaired) electrons. The summed E-state index contributed by atoms with van der Waals surface area (Å²) in [5.41, 5.74) is 2.68. The molecule has 0 fully saturated rings. The van der Waals surface area contributed by atoms with Gasteiger partial charge in [0.25, 0.3) is 10.1 Å². The summed E-state index contributed by atoms with van der Waals surface area (Å²) in [6.45, 7) is 7.64. The van der Waals surface area contributed by atoms with Crippen LogP contribution in [0, 0.1) is 0 Å². The SMILES string of the molecule is CCN1c2ccccc2C(C)(CCCCS(=O)(=O)O)C1C. The van der Waals surface area contributed by atoms with Gasteiger partial charge in [-0.25, -0.2) is 0 Å². The molecule has 1 aromatic carbocycles. The molecule has 0 bridgehead atoms. The number of para-hydroxylation sites is 1. The Morgan fingerprint density at radius 2 is 1.95 bits per heavy atom. The van der Waals surface area contributed by atoms with Gasteiger partial charge in [-0.1, -0.05) is 31.5 Å². The second kappa shape index (κ2) is 5.97. The van der Waals surface area contributed by atoms with Crippen LogP contribution < -0.4 is 4.90 Å². The van der Waals surface area contributed by atoms with Gasteiger partial charge < -0.3 is 4.90 Å². The molecule has 2 atom stereocenters. The highest BCUT2D eigenvalue weighted by molar-refractivity contribution is 7.85. The summed E-state index contributed by atoms with van der Waals surface area (Å²) in [6.07, 6.45) is 2.24. The van der Waals surface area contributed by atoms with Crippen molar-refractivity contribution < 1.29 is 13.0 Å². The largest absolute Gasteiger partial charge is 0.368 e. The molecule has 0 saturated carbocycles. The Kier molecular flexibility index (Phi) is 4.63. The summed E-state index contributed by atoms with van der Waals surface area (Å²) < 4.78 is 30.5. The van der Waals surface area contributed by atoms with Gasteiger partial charge in [0.05, 0.1) is 5.75 Å². The van der Waals surface area contributed by atoms with Gasteiger partial charge in [-0.2, -0.15) is 8.42 Å². The van der Waals surface area contributed by atoms with Gasteiger partial charge in [0.15, 0.2) is 0 Å². The molecule has 2 unspecified atom stereocenters. The van der Waals surface area contributed by atoms with Crippen LogP contribution in [0.5, 0.6) is 0 Å². The number of rotatable bonds is 6. The smallest absolute Gasteiger partial charge is 0.264 e. The number of nitrogens with zero attached hydrogens (tertiary/aromatic N) is 1. The fourth-order valence-electron chi connectivity index (χ4n) is 3.55. The van der Waals surface area contributed by atoms with Crippen LogP contribution in [-0.2, 0) is 15.5 Å². The van der Waals surface area contributed by atoms with Crippen molar-refractivity contribution in [3.63, 3.8) is 0 Å². The standard InChI is InChI=1S/C16H25NO3S/c1-4-17-13(2)16(3,11-7-8-12-21(18,19)20)14-9-5-6-10-15(14)17/h5-6,9-10,13H,4,7-8,11-12H2,1-3H3,(H,18,19,20). The third-order valence-electron chi connectivity index (χ3n) is 4.91. The number of fused-ring (bicyclic) bond motifs is 1. The molecule has 1 aliphatic rings. The highest BCUT2D eigenvalue weighted by Gasteiger charge is 2.43. The Morgan fingerprint density at radius 1 is 1.29 bits per heavy atom. The molecule has 4 nitrogen and oxygen atoms in total. The van der Waals surface area contributed by atoms with E-state index in [1.165, 1.54) is 11.3 Å². The minimum absolute atomic E-state index is 0.0336. The fourth-order valence-corrected chi connectivity index (χ4v) is 4.12. The average molecular weight is 311 g/mol. The van der Waals surface area contributed by atoms with E-state index in [2.05, 4.69) is 49.9 Å². The van der Waals surface area contributed by atoms with Crippen LogP contribution in [0.15, 0.2) is 24.3 Å². The third kappa shape index (κ3) is 3.24. The second-order valence-corrected chi connectivity index (χ2v) is 7.71. The van der Waals surface area contributed by atoms with Crippen LogP contribution in [0.3, 0.4) is 0 Å². The van der Waals surface area contributed by atoms with Crippen molar-refractivity contribution >= 4 is 15.8 Å². The van der Waals surface area contributed by atoms with E-state index in [4.69, 9.17) is 4.55 Å². The zero-order chi connectivity index (χ0) is 15.7. The second-order valence-electron chi connectivity index (χ2n) is 6.14. The Morgan fingerprint density at radius 3 is 2.57 bits per heavy atom. The van der Waals surface area contributed by atoms with Crippen LogP contribution in [0.25, 0.3) is 0 Å². The van der Waals surface area contributed by atoms with Crippen LogP contribution in [0.2, 0.25) is 0 Å². The molecule has 1 N–H and O–H groups in total. The van der Waals surface area contributed by atoms with Gasteiger partial charge in [0, 0.05) is 23.7 Å². The summed E-state index contributed by atoms with van der Waals surface area (Å²) >= 11 is 0. The quantitative estimate of drug-likeness (QED) is 0.647. The van der Waals surface area contributed by atoms with Gasteiger partial charge in [-0.3, -0.25) is 4.55 Å². The van der Waals surface area contributed by atoms with E-state index in [-0.39, 0.29) is 11.2 Å². The summed E-state index contributed by atoms with van der Waals surface area (Å²) in [5.74, 6) is -0.142. The molecule has 1 aromatic rings. The lowest BCUT2D eigenvalue weighted by Gasteiger charge is -2.34. The van der Waals surface area contributed by atoms with E-state index >= 15 is 0 Å². The molecule has 1 heterocycles. The normalized spacial score (nSPS) is 25.1. The van der Waals surface area contributed by atoms with Gasteiger partial charge in [-0.15, -0.1) is 0 Å². The molecule has 2 rings (SSSR count). The zero-order valence-corrected chi connectivity index (χ0v) is 13.9. The first kappa shape index (κ1) is 16.3. The molecule has 5 heteroatoms. The topological polar surface area (TPSA) is 57.6 Å². The van der Waals surface area contributed by atoms with E-state index in [0.29, 0.717) is 12.5 Å². The Labute approximate surface area is 127 Å². The maximum Gasteiger partial charge on any atom is 0.264 e. The van der Waals surface area contributed by atoms with Crippen molar-refractivity contribution in [2.75, 3.05) is 17.2 Å². The van der Waals surface area contributed by atoms with Crippen molar-refractivity contribution in [3.8, 4) is 0 Å². The van der Waals surface area contributed by atoms with Gasteiger partial charge in [-0.05, 0) is 38.3 Å². The van der Waals surface area contributed by atoms with E-state index in [9.17, 15) is 8.42 Å². The summed E-state index contributed by atoms with van der Waals surface area (Å²) in [6, 6.07) is 8.88. The van der Waals surface area contributed by atoms with Crippen LogP contribution >= 0.6 is 0 Å². The number of likely N-dealkylation sites (N-methyl/N-ethyl adjacent to an activating group) is 1. The van der Waals surface area contributed by atoms with Gasteiger partial charge in [0.1, 0.15) is 0 Å². The Bertz CT molecular complexity index is 599. The monoisotopic (exact) mass is 311 g/mol. The zero-order valence-electron chi connectivity index (χ0n) is 13.0. The molecular formula is C16H25NO3S. The van der Waals surface area contributed by atoms with Crippen molar-refractivity contribution in [1.29, 1.82) is 0 Å². The maximum atomic E-state index is 10.8. The molecule has 0 aromatic heterocycles. The number of hydrogen-bond donors (Lipinski definition) is 1. The fraction of sp³-hybridized carbons (Fsp3) is 0.625. The minimum Gasteiger partial charge on any atom is -0.368 e. The summed E-state index contributed by atoms with van der Waals surface area (Å²) in [5, 5.41) is 0. The lowest BCUT2D eigenvalue weighted by Crippen LogP contribution is -2.40. The van der Waals surface area contributed by atoms with Crippen molar-refractivity contribution in [1.82, 2.24) is 0 Å². The number of hydrogen-bond acceptors (Lipinski definition) is 3. The van der Waals surface area contributed by atoms with Crippen LogP contribution in [0.1, 0.15) is 45.6 Å². The first-order valence-electron chi connectivity index (χ1n) is 7.61. The van der Waals surface area contributed by atoms with E-state index in [1.807, 2.05) is 0 Å². The molecule has 0 aliphatic carbocycles. The highest BCUT2D eigenvalue weighted by atomic mass is 32.2. The molecule has 0 spiro atoms. The maximum absolute atomic E-state index is 10.8. The van der Waals surface area contributed by atoms with Crippen molar-refractivity contribution in [3.05, 3.63) is 29.8 Å². The molecule has 21 heavy (non-hydrogen) atoms. The molecule has 1 aliphatic heterocycles. The van der Waals surface area contributed by atoms with Gasteiger partial charge in [0.2, 0.25) is 0 Å². The Balaban J connectivity index is 2.14. The Hall–Kier alpha value is -1.07. The third-order valence-corrected chi connectivity index (χ3v) is 5.71. The number of benzene rings is 1. The number of anilines is 1. The lowest BCUT2D eigenvalue weighted by molar-refractivity contribution is 0.365. The van der Waals surface area contributed by atoms with Gasteiger partial charge >= 0.3 is 0 Å². The molecule has 118 valence electrons. The molecule has 0 amide bonds. The minimum atomic E-state index is -3.84. The predicted molar refractivity (Wildman–Crippen MR) is 86.5 cm³/mol. The predicted octanol–water partition coefficient (Wildman–Crippen LogP) is 3.23. The van der Waals surface area contributed by atoms with Crippen molar-refractivity contribution in [2.24, 2.45) is 0 Å². The lowest BCUT2D eigenvalue weighted by atomic mass is 9.75. The van der Waals surface area contributed by atoms with Crippen molar-refractivity contribution in [2.45, 2.75) is 51.5 Å². The first-order chi connectivity index (χ1) is 9.79. The molecule has 0 saturated heterocycles. The highest BCUT2D eigenvalue weighted by Crippen LogP contribution is 2.47. The van der Waals surface area contributed by atoms with E-state index in [1.54, 1.807) is 0 Å². The number of unbranched alkanes of at least 4 members (excludes halogenated alkanes) is 1. The average Bonchev–Trinajstić information content (AvgIpc) is 2.64. The van der Waals surface area contributed by atoms with E-state index in [0.717, 1.165) is 19.4 Å².